The zero-order valence-corrected chi connectivity index (χ0v) is 16.3. The lowest BCUT2D eigenvalue weighted by Crippen LogP contribution is -2.34. The average molecular weight is 372 g/mol. The van der Waals surface area contributed by atoms with Gasteiger partial charge >= 0.3 is 0 Å². The number of para-hydroxylation sites is 1. The molecule has 26 heavy (non-hydrogen) atoms. The predicted octanol–water partition coefficient (Wildman–Crippen LogP) is 3.76. The van der Waals surface area contributed by atoms with E-state index in [0.29, 0.717) is 24.5 Å². The number of hydrogen-bond acceptors (Lipinski definition) is 4. The lowest BCUT2D eigenvalue weighted by Gasteiger charge is -2.16. The smallest absolute Gasteiger partial charge is 0.261 e. The van der Waals surface area contributed by atoms with Gasteiger partial charge in [0.2, 0.25) is 0 Å². The van der Waals surface area contributed by atoms with E-state index < -0.39 is 0 Å². The second-order valence-electron chi connectivity index (χ2n) is 6.02. The van der Waals surface area contributed by atoms with Gasteiger partial charge in [-0.05, 0) is 56.2 Å². The van der Waals surface area contributed by atoms with Crippen molar-refractivity contribution in [1.82, 2.24) is 5.32 Å². The predicted molar refractivity (Wildman–Crippen MR) is 108 cm³/mol. The Morgan fingerprint density at radius 1 is 1.08 bits per heavy atom. The van der Waals surface area contributed by atoms with E-state index in [4.69, 9.17) is 21.7 Å². The Bertz CT molecular complexity index is 782. The molecular formula is C20H24N2O3S. The van der Waals surface area contributed by atoms with E-state index in [0.717, 1.165) is 16.8 Å². The molecule has 5 nitrogen and oxygen atoms in total. The largest absolute Gasteiger partial charge is 0.490 e. The molecule has 0 fully saturated rings. The van der Waals surface area contributed by atoms with Crippen molar-refractivity contribution >= 4 is 28.9 Å². The van der Waals surface area contributed by atoms with Crippen LogP contribution in [0.2, 0.25) is 0 Å². The highest BCUT2D eigenvalue weighted by molar-refractivity contribution is 7.80. The summed E-state index contributed by atoms with van der Waals surface area (Å²) < 4.78 is 10.6. The fraction of sp³-hybridized carbons (Fsp3) is 0.300. The Hall–Kier alpha value is -2.44. The van der Waals surface area contributed by atoms with E-state index in [-0.39, 0.29) is 11.0 Å². The third-order valence-corrected chi connectivity index (χ3v) is 4.02. The molecule has 0 radical (unpaired) electrons. The van der Waals surface area contributed by atoms with Crippen LogP contribution in [0.15, 0.2) is 36.4 Å². The number of carbonyl (C=O) groups is 1. The summed E-state index contributed by atoms with van der Waals surface area (Å²) in [6.45, 7) is 6.87. The molecule has 0 aliphatic heterocycles. The maximum atomic E-state index is 12.6. The van der Waals surface area contributed by atoms with Gasteiger partial charge in [0.05, 0.1) is 12.2 Å². The number of benzene rings is 2. The number of hydrogen-bond donors (Lipinski definition) is 2. The van der Waals surface area contributed by atoms with Crippen molar-refractivity contribution in [3.05, 3.63) is 58.7 Å². The summed E-state index contributed by atoms with van der Waals surface area (Å²) in [5.74, 6) is 0.172. The Morgan fingerprint density at radius 3 is 2.38 bits per heavy atom. The molecule has 2 aromatic carbocycles. The molecule has 2 rings (SSSR count). The van der Waals surface area contributed by atoms with Gasteiger partial charge in [-0.2, -0.15) is 0 Å². The molecule has 0 unspecified atom stereocenters. The number of aryl methyl sites for hydroxylation is 3. The van der Waals surface area contributed by atoms with Crippen LogP contribution >= 0.6 is 12.2 Å². The number of amides is 1. The summed E-state index contributed by atoms with van der Waals surface area (Å²) in [7, 11) is 1.60. The molecule has 0 aliphatic carbocycles. The molecule has 0 spiro atoms. The quantitative estimate of drug-likeness (QED) is 0.597. The normalized spacial score (nSPS) is 10.3. The molecule has 0 aliphatic rings. The molecule has 6 heteroatoms. The second kappa shape index (κ2) is 9.31. The van der Waals surface area contributed by atoms with Crippen molar-refractivity contribution in [3.8, 4) is 5.75 Å². The number of nitrogens with one attached hydrogen (secondary N) is 2. The lowest BCUT2D eigenvalue weighted by atomic mass is 10.1. The first kappa shape index (κ1) is 19.9. The molecule has 0 heterocycles. The van der Waals surface area contributed by atoms with Gasteiger partial charge in [0.25, 0.3) is 5.91 Å². The highest BCUT2D eigenvalue weighted by Crippen LogP contribution is 2.22. The molecule has 1 amide bonds. The number of thiocarbonyl (C=S) groups is 1. The zero-order chi connectivity index (χ0) is 19.1. The monoisotopic (exact) mass is 372 g/mol. The Morgan fingerprint density at radius 2 is 1.73 bits per heavy atom. The zero-order valence-electron chi connectivity index (χ0n) is 15.5. The van der Waals surface area contributed by atoms with Crippen molar-refractivity contribution in [2.45, 2.75) is 20.8 Å². The molecule has 138 valence electrons. The van der Waals surface area contributed by atoms with Crippen molar-refractivity contribution in [1.29, 1.82) is 0 Å². The highest BCUT2D eigenvalue weighted by Gasteiger charge is 2.14. The summed E-state index contributed by atoms with van der Waals surface area (Å²) in [6.07, 6.45) is 0. The van der Waals surface area contributed by atoms with Gasteiger partial charge < -0.3 is 14.8 Å². The molecule has 0 saturated heterocycles. The minimum Gasteiger partial charge on any atom is -0.490 e. The van der Waals surface area contributed by atoms with Crippen LogP contribution in [0.1, 0.15) is 27.0 Å². The summed E-state index contributed by atoms with van der Waals surface area (Å²) in [6, 6.07) is 11.2. The summed E-state index contributed by atoms with van der Waals surface area (Å²) >= 11 is 5.31. The minimum absolute atomic E-state index is 0.247. The number of anilines is 1. The average Bonchev–Trinajstić information content (AvgIpc) is 2.58. The van der Waals surface area contributed by atoms with Gasteiger partial charge in [0.1, 0.15) is 12.4 Å². The van der Waals surface area contributed by atoms with Gasteiger partial charge in [-0.15, -0.1) is 0 Å². The Balaban J connectivity index is 2.07. The van der Waals surface area contributed by atoms with Gasteiger partial charge in [-0.1, -0.05) is 29.8 Å². The molecular weight excluding hydrogens is 348 g/mol. The fourth-order valence-corrected chi connectivity index (χ4v) is 2.90. The van der Waals surface area contributed by atoms with E-state index in [1.54, 1.807) is 25.3 Å². The van der Waals surface area contributed by atoms with E-state index in [2.05, 4.69) is 22.8 Å². The first-order chi connectivity index (χ1) is 12.4. The van der Waals surface area contributed by atoms with Gasteiger partial charge in [0.15, 0.2) is 5.11 Å². The number of methoxy groups -OCH3 is 1. The van der Waals surface area contributed by atoms with E-state index >= 15 is 0 Å². The maximum absolute atomic E-state index is 12.6. The van der Waals surface area contributed by atoms with Crippen molar-refractivity contribution in [3.63, 3.8) is 0 Å². The second-order valence-corrected chi connectivity index (χ2v) is 6.43. The van der Waals surface area contributed by atoms with Gasteiger partial charge in [0, 0.05) is 12.8 Å². The van der Waals surface area contributed by atoms with Crippen LogP contribution in [0.4, 0.5) is 5.69 Å². The molecule has 0 bridgehead atoms. The topological polar surface area (TPSA) is 59.6 Å². The van der Waals surface area contributed by atoms with Crippen LogP contribution in [0.25, 0.3) is 0 Å². The van der Waals surface area contributed by atoms with Crippen LogP contribution < -0.4 is 15.4 Å². The standard InChI is InChI=1S/C20H24N2O3S/c1-13-11-14(2)18(15(3)12-13)21-20(26)22-19(23)16-7-5-6-8-17(16)25-10-9-24-4/h5-8,11-12H,9-10H2,1-4H3,(H2,21,22,23,26). The van der Waals surface area contributed by atoms with E-state index in [9.17, 15) is 4.79 Å². The van der Waals surface area contributed by atoms with Crippen molar-refractivity contribution in [2.24, 2.45) is 0 Å². The molecule has 0 atom stereocenters. The first-order valence-electron chi connectivity index (χ1n) is 8.33. The van der Waals surface area contributed by atoms with Gasteiger partial charge in [-0.3, -0.25) is 10.1 Å². The van der Waals surface area contributed by atoms with E-state index in [1.807, 2.05) is 26.8 Å². The van der Waals surface area contributed by atoms with Crippen molar-refractivity contribution in [2.75, 3.05) is 25.6 Å². The maximum Gasteiger partial charge on any atom is 0.261 e. The van der Waals surface area contributed by atoms with Crippen molar-refractivity contribution < 1.29 is 14.3 Å². The Kier molecular flexibility index (Phi) is 7.12. The van der Waals surface area contributed by atoms with Gasteiger partial charge in [-0.25, -0.2) is 0 Å². The fourth-order valence-electron chi connectivity index (χ4n) is 2.71. The molecule has 2 N–H and O–H groups in total. The molecule has 0 saturated carbocycles. The highest BCUT2D eigenvalue weighted by atomic mass is 32.1. The van der Waals surface area contributed by atoms with Crippen LogP contribution in [-0.2, 0) is 4.74 Å². The van der Waals surface area contributed by atoms with Crippen LogP contribution in [0, 0.1) is 20.8 Å². The number of ether oxygens (including phenoxy) is 2. The molecule has 0 aromatic heterocycles. The number of carbonyl (C=O) groups excluding carboxylic acids is 1. The summed E-state index contributed by atoms with van der Waals surface area (Å²) in [5, 5.41) is 6.08. The van der Waals surface area contributed by atoms with Crippen LogP contribution in [-0.4, -0.2) is 31.3 Å². The Labute approximate surface area is 159 Å². The third-order valence-electron chi connectivity index (χ3n) is 3.82. The SMILES string of the molecule is COCCOc1ccccc1C(=O)NC(=S)Nc1c(C)cc(C)cc1C. The van der Waals surface area contributed by atoms with Crippen LogP contribution in [0.5, 0.6) is 5.75 Å². The van der Waals surface area contributed by atoms with E-state index in [1.165, 1.54) is 5.56 Å². The van der Waals surface area contributed by atoms with Crippen LogP contribution in [0.3, 0.4) is 0 Å². The molecule has 2 aromatic rings. The summed E-state index contributed by atoms with van der Waals surface area (Å²) in [5.41, 5.74) is 4.66. The summed E-state index contributed by atoms with van der Waals surface area (Å²) in [4.78, 5) is 12.6. The third kappa shape index (κ3) is 5.28. The minimum atomic E-state index is -0.321. The lowest BCUT2D eigenvalue weighted by molar-refractivity contribution is 0.0970. The first-order valence-corrected chi connectivity index (χ1v) is 8.74. The number of rotatable bonds is 6.